The maximum atomic E-state index is 5.79. The number of hydrogen-bond acceptors (Lipinski definition) is 2. The maximum absolute atomic E-state index is 5.79. The molecule has 1 saturated heterocycles. The molecule has 0 aromatic heterocycles. The highest BCUT2D eigenvalue weighted by Crippen LogP contribution is 2.15. The standard InChI is InChI=1S/C16H25NO/c1-14(2)13-15-5-7-16(8-6-15)18-12-11-17-9-3-4-10-17/h5-8,14H,3-4,9-13H2,1-2H3. The fourth-order valence-corrected chi connectivity index (χ4v) is 2.49. The molecule has 1 aliphatic heterocycles. The SMILES string of the molecule is CC(C)Cc1ccc(OCCN2CCCC2)cc1. The van der Waals surface area contributed by atoms with Gasteiger partial charge in [-0.1, -0.05) is 26.0 Å². The van der Waals surface area contributed by atoms with E-state index in [1.807, 2.05) is 0 Å². The molecular weight excluding hydrogens is 222 g/mol. The predicted octanol–water partition coefficient (Wildman–Crippen LogP) is 3.36. The first-order chi connectivity index (χ1) is 8.74. The summed E-state index contributed by atoms with van der Waals surface area (Å²) in [7, 11) is 0. The second kappa shape index (κ2) is 6.79. The van der Waals surface area contributed by atoms with Gasteiger partial charge in [0.05, 0.1) is 0 Å². The molecule has 18 heavy (non-hydrogen) atoms. The average Bonchev–Trinajstić information content (AvgIpc) is 2.84. The van der Waals surface area contributed by atoms with Crippen molar-refractivity contribution in [1.29, 1.82) is 0 Å². The van der Waals surface area contributed by atoms with Gasteiger partial charge in [-0.2, -0.15) is 0 Å². The number of rotatable bonds is 6. The lowest BCUT2D eigenvalue weighted by molar-refractivity contribution is 0.238. The first kappa shape index (κ1) is 13.4. The molecular formula is C16H25NO. The van der Waals surface area contributed by atoms with Crippen LogP contribution >= 0.6 is 0 Å². The van der Waals surface area contributed by atoms with Gasteiger partial charge in [0, 0.05) is 6.54 Å². The van der Waals surface area contributed by atoms with Gasteiger partial charge in [-0.25, -0.2) is 0 Å². The third-order valence-corrected chi connectivity index (χ3v) is 3.44. The summed E-state index contributed by atoms with van der Waals surface area (Å²) in [4.78, 5) is 2.48. The molecule has 100 valence electrons. The van der Waals surface area contributed by atoms with Gasteiger partial charge in [-0.15, -0.1) is 0 Å². The zero-order valence-corrected chi connectivity index (χ0v) is 11.7. The number of likely N-dealkylation sites (tertiary alicyclic amines) is 1. The van der Waals surface area contributed by atoms with Crippen LogP contribution in [0, 0.1) is 5.92 Å². The summed E-state index contributed by atoms with van der Waals surface area (Å²) >= 11 is 0. The molecule has 1 aromatic carbocycles. The van der Waals surface area contributed by atoms with Crippen LogP contribution in [0.4, 0.5) is 0 Å². The highest BCUT2D eigenvalue weighted by Gasteiger charge is 2.10. The second-order valence-electron chi connectivity index (χ2n) is 5.64. The maximum Gasteiger partial charge on any atom is 0.119 e. The Balaban J connectivity index is 1.72. The van der Waals surface area contributed by atoms with Gasteiger partial charge >= 0.3 is 0 Å². The molecule has 0 bridgehead atoms. The Hall–Kier alpha value is -1.02. The monoisotopic (exact) mass is 247 g/mol. The fourth-order valence-electron chi connectivity index (χ4n) is 2.49. The first-order valence-corrected chi connectivity index (χ1v) is 7.18. The Labute approximate surface area is 111 Å². The predicted molar refractivity (Wildman–Crippen MR) is 76.2 cm³/mol. The molecule has 0 aliphatic carbocycles. The van der Waals surface area contributed by atoms with Crippen molar-refractivity contribution in [3.05, 3.63) is 29.8 Å². The quantitative estimate of drug-likeness (QED) is 0.764. The van der Waals surface area contributed by atoms with Crippen LogP contribution in [0.2, 0.25) is 0 Å². The summed E-state index contributed by atoms with van der Waals surface area (Å²) in [5, 5.41) is 0. The van der Waals surface area contributed by atoms with Crippen LogP contribution in [0.1, 0.15) is 32.3 Å². The molecule has 1 fully saturated rings. The number of hydrogen-bond donors (Lipinski definition) is 0. The van der Waals surface area contributed by atoms with E-state index in [1.54, 1.807) is 0 Å². The van der Waals surface area contributed by atoms with E-state index in [9.17, 15) is 0 Å². The molecule has 2 rings (SSSR count). The Kier molecular flexibility index (Phi) is 5.06. The second-order valence-corrected chi connectivity index (χ2v) is 5.64. The van der Waals surface area contributed by atoms with Crippen molar-refractivity contribution in [1.82, 2.24) is 4.90 Å². The van der Waals surface area contributed by atoms with Crippen LogP contribution in [0.15, 0.2) is 24.3 Å². The summed E-state index contributed by atoms with van der Waals surface area (Å²) in [5.41, 5.74) is 1.40. The Bertz CT molecular complexity index is 339. The lowest BCUT2D eigenvalue weighted by atomic mass is 10.0. The smallest absolute Gasteiger partial charge is 0.119 e. The highest BCUT2D eigenvalue weighted by molar-refractivity contribution is 5.27. The van der Waals surface area contributed by atoms with E-state index in [4.69, 9.17) is 4.74 Å². The van der Waals surface area contributed by atoms with E-state index in [1.165, 1.54) is 31.5 Å². The fraction of sp³-hybridized carbons (Fsp3) is 0.625. The molecule has 0 radical (unpaired) electrons. The third-order valence-electron chi connectivity index (χ3n) is 3.44. The number of ether oxygens (including phenoxy) is 1. The van der Waals surface area contributed by atoms with Crippen LogP contribution in [0.5, 0.6) is 5.75 Å². The van der Waals surface area contributed by atoms with E-state index in [0.29, 0.717) is 5.92 Å². The zero-order valence-electron chi connectivity index (χ0n) is 11.7. The van der Waals surface area contributed by atoms with E-state index in [0.717, 1.165) is 25.3 Å². The topological polar surface area (TPSA) is 12.5 Å². The molecule has 2 heteroatoms. The van der Waals surface area contributed by atoms with Gasteiger partial charge in [0.15, 0.2) is 0 Å². The van der Waals surface area contributed by atoms with Crippen LogP contribution in [0.25, 0.3) is 0 Å². The number of nitrogens with zero attached hydrogens (tertiary/aromatic N) is 1. The molecule has 1 heterocycles. The molecule has 0 amide bonds. The average molecular weight is 247 g/mol. The molecule has 2 nitrogen and oxygen atoms in total. The molecule has 0 saturated carbocycles. The van der Waals surface area contributed by atoms with E-state index in [-0.39, 0.29) is 0 Å². The summed E-state index contributed by atoms with van der Waals surface area (Å²) in [6, 6.07) is 8.57. The molecule has 1 aliphatic rings. The van der Waals surface area contributed by atoms with E-state index >= 15 is 0 Å². The van der Waals surface area contributed by atoms with E-state index in [2.05, 4.69) is 43.0 Å². The van der Waals surface area contributed by atoms with Gasteiger partial charge in [0.2, 0.25) is 0 Å². The van der Waals surface area contributed by atoms with Gasteiger partial charge in [-0.05, 0) is 56.0 Å². The summed E-state index contributed by atoms with van der Waals surface area (Å²) in [6.45, 7) is 8.87. The van der Waals surface area contributed by atoms with Crippen LogP contribution < -0.4 is 4.74 Å². The largest absolute Gasteiger partial charge is 0.492 e. The lowest BCUT2D eigenvalue weighted by Crippen LogP contribution is -2.25. The molecule has 0 atom stereocenters. The summed E-state index contributed by atoms with van der Waals surface area (Å²) in [5.74, 6) is 1.72. The van der Waals surface area contributed by atoms with Crippen molar-refractivity contribution >= 4 is 0 Å². The van der Waals surface area contributed by atoms with Crippen molar-refractivity contribution in [2.75, 3.05) is 26.2 Å². The summed E-state index contributed by atoms with van der Waals surface area (Å²) in [6.07, 6.45) is 3.85. The Morgan fingerprint density at radius 1 is 1.11 bits per heavy atom. The van der Waals surface area contributed by atoms with Crippen molar-refractivity contribution < 1.29 is 4.74 Å². The van der Waals surface area contributed by atoms with Gasteiger partial charge in [0.1, 0.15) is 12.4 Å². The summed E-state index contributed by atoms with van der Waals surface area (Å²) < 4.78 is 5.79. The molecule has 0 spiro atoms. The van der Waals surface area contributed by atoms with Crippen molar-refractivity contribution in [2.45, 2.75) is 33.1 Å². The van der Waals surface area contributed by atoms with Crippen molar-refractivity contribution in [3.63, 3.8) is 0 Å². The molecule has 1 aromatic rings. The number of benzene rings is 1. The Morgan fingerprint density at radius 2 is 1.78 bits per heavy atom. The highest BCUT2D eigenvalue weighted by atomic mass is 16.5. The van der Waals surface area contributed by atoms with E-state index < -0.39 is 0 Å². The van der Waals surface area contributed by atoms with Crippen molar-refractivity contribution in [3.8, 4) is 5.75 Å². The van der Waals surface area contributed by atoms with Crippen molar-refractivity contribution in [2.24, 2.45) is 5.92 Å². The third kappa shape index (κ3) is 4.34. The van der Waals surface area contributed by atoms with Gasteiger partial charge in [-0.3, -0.25) is 4.90 Å². The normalized spacial score (nSPS) is 16.4. The van der Waals surface area contributed by atoms with Crippen LogP contribution in [0.3, 0.4) is 0 Å². The minimum Gasteiger partial charge on any atom is -0.492 e. The lowest BCUT2D eigenvalue weighted by Gasteiger charge is -2.15. The zero-order chi connectivity index (χ0) is 12.8. The molecule has 0 unspecified atom stereocenters. The minimum atomic E-state index is 0.715. The van der Waals surface area contributed by atoms with Gasteiger partial charge in [0.25, 0.3) is 0 Å². The Morgan fingerprint density at radius 3 is 2.39 bits per heavy atom. The van der Waals surface area contributed by atoms with Crippen LogP contribution in [-0.2, 0) is 6.42 Å². The van der Waals surface area contributed by atoms with Gasteiger partial charge < -0.3 is 4.74 Å². The molecule has 0 N–H and O–H groups in total. The first-order valence-electron chi connectivity index (χ1n) is 7.18. The van der Waals surface area contributed by atoms with Crippen LogP contribution in [-0.4, -0.2) is 31.1 Å². The minimum absolute atomic E-state index is 0.715.